The average Bonchev–Trinajstić information content (AvgIpc) is 2.32. The fraction of sp³-hybridized carbons (Fsp3) is 0.167. The predicted molar refractivity (Wildman–Crippen MR) is 72.4 cm³/mol. The zero-order valence-electron chi connectivity index (χ0n) is 9.13. The van der Waals surface area contributed by atoms with Crippen LogP contribution in [-0.4, -0.2) is 9.97 Å². The Labute approximate surface area is 112 Å². The summed E-state index contributed by atoms with van der Waals surface area (Å²) in [5.74, 6) is 0.539. The van der Waals surface area contributed by atoms with E-state index in [0.29, 0.717) is 21.7 Å². The zero-order chi connectivity index (χ0) is 12.4. The van der Waals surface area contributed by atoms with Crippen molar-refractivity contribution in [2.75, 3.05) is 0 Å². The molecule has 5 heteroatoms. The first-order chi connectivity index (χ1) is 8.11. The van der Waals surface area contributed by atoms with E-state index >= 15 is 0 Å². The van der Waals surface area contributed by atoms with Crippen molar-refractivity contribution in [1.29, 1.82) is 0 Å². The first kappa shape index (κ1) is 12.3. The van der Waals surface area contributed by atoms with Gasteiger partial charge in [-0.05, 0) is 34.5 Å². The van der Waals surface area contributed by atoms with Gasteiger partial charge in [0.05, 0.1) is 5.69 Å². The number of aromatic amines is 1. The Hall–Kier alpha value is -1.13. The number of hydrogen-bond donors (Lipinski definition) is 1. The van der Waals surface area contributed by atoms with Crippen LogP contribution in [-0.2, 0) is 6.42 Å². The Bertz CT molecular complexity index is 610. The summed E-state index contributed by atoms with van der Waals surface area (Å²) in [7, 11) is 0. The number of hydrogen-bond acceptors (Lipinski definition) is 2. The van der Waals surface area contributed by atoms with Crippen LogP contribution in [0.15, 0.2) is 33.5 Å². The number of H-pyrrole nitrogens is 1. The van der Waals surface area contributed by atoms with E-state index in [1.807, 2.05) is 19.1 Å². The molecule has 2 rings (SSSR count). The van der Waals surface area contributed by atoms with E-state index in [0.717, 1.165) is 11.3 Å². The third-order valence-electron chi connectivity index (χ3n) is 2.36. The number of benzene rings is 1. The van der Waals surface area contributed by atoms with Crippen LogP contribution in [0, 0.1) is 0 Å². The van der Waals surface area contributed by atoms with Gasteiger partial charge < -0.3 is 4.98 Å². The van der Waals surface area contributed by atoms with Gasteiger partial charge in [-0.2, -0.15) is 0 Å². The summed E-state index contributed by atoms with van der Waals surface area (Å²) in [6.45, 7) is 1.95. The Morgan fingerprint density at radius 1 is 1.47 bits per heavy atom. The minimum Gasteiger partial charge on any atom is -0.306 e. The highest BCUT2D eigenvalue weighted by molar-refractivity contribution is 9.10. The number of nitrogens with zero attached hydrogens (tertiary/aromatic N) is 1. The molecule has 0 aliphatic heterocycles. The third kappa shape index (κ3) is 2.58. The van der Waals surface area contributed by atoms with Gasteiger partial charge in [-0.3, -0.25) is 4.79 Å². The maximum absolute atomic E-state index is 11.7. The number of nitrogens with one attached hydrogen (secondary N) is 1. The molecule has 0 aliphatic carbocycles. The molecule has 0 fully saturated rings. The summed E-state index contributed by atoms with van der Waals surface area (Å²) >= 11 is 9.14. The molecule has 3 nitrogen and oxygen atoms in total. The summed E-state index contributed by atoms with van der Waals surface area (Å²) in [5.41, 5.74) is 1.37. The summed E-state index contributed by atoms with van der Waals surface area (Å²) in [5, 5.41) is 0.617. The number of rotatable bonds is 2. The van der Waals surface area contributed by atoms with Crippen LogP contribution in [0.25, 0.3) is 11.4 Å². The van der Waals surface area contributed by atoms with Gasteiger partial charge in [0.25, 0.3) is 5.56 Å². The quantitative estimate of drug-likeness (QED) is 0.923. The van der Waals surface area contributed by atoms with Gasteiger partial charge in [0.2, 0.25) is 0 Å². The molecule has 0 bridgehead atoms. The van der Waals surface area contributed by atoms with Gasteiger partial charge in [-0.1, -0.05) is 30.7 Å². The largest absolute Gasteiger partial charge is 0.306 e. The normalized spacial score (nSPS) is 10.5. The lowest BCUT2D eigenvalue weighted by Crippen LogP contribution is -2.13. The van der Waals surface area contributed by atoms with Gasteiger partial charge >= 0.3 is 0 Å². The highest BCUT2D eigenvalue weighted by Crippen LogP contribution is 2.20. The van der Waals surface area contributed by atoms with Crippen molar-refractivity contribution < 1.29 is 0 Å². The lowest BCUT2D eigenvalue weighted by atomic mass is 10.2. The molecule has 88 valence electrons. The van der Waals surface area contributed by atoms with Crippen molar-refractivity contribution in [3.05, 3.63) is 49.8 Å². The second kappa shape index (κ2) is 5.02. The van der Waals surface area contributed by atoms with E-state index in [-0.39, 0.29) is 5.56 Å². The lowest BCUT2D eigenvalue weighted by molar-refractivity contribution is 0.970. The molecular formula is C12H10BrClN2O. The highest BCUT2D eigenvalue weighted by Gasteiger charge is 2.08. The molecular weight excluding hydrogens is 304 g/mol. The fourth-order valence-corrected chi connectivity index (χ4v) is 2.17. The highest BCUT2D eigenvalue weighted by atomic mass is 79.9. The SMILES string of the molecule is CCc1nc(-c2cccc(Cl)c2)[nH]c(=O)c1Br. The number of halogens is 2. The molecule has 0 saturated carbocycles. The van der Waals surface area contributed by atoms with E-state index in [4.69, 9.17) is 11.6 Å². The summed E-state index contributed by atoms with van der Waals surface area (Å²) in [6, 6.07) is 7.23. The van der Waals surface area contributed by atoms with E-state index in [1.165, 1.54) is 0 Å². The van der Waals surface area contributed by atoms with Crippen molar-refractivity contribution in [2.45, 2.75) is 13.3 Å². The van der Waals surface area contributed by atoms with Crippen LogP contribution < -0.4 is 5.56 Å². The molecule has 0 aliphatic rings. The first-order valence-corrected chi connectivity index (χ1v) is 6.33. The lowest BCUT2D eigenvalue weighted by Gasteiger charge is -2.05. The van der Waals surface area contributed by atoms with Crippen LogP contribution in [0.2, 0.25) is 5.02 Å². The van der Waals surface area contributed by atoms with Crippen LogP contribution in [0.5, 0.6) is 0 Å². The number of aryl methyl sites for hydroxylation is 1. The second-order valence-electron chi connectivity index (χ2n) is 3.54. The van der Waals surface area contributed by atoms with Crippen LogP contribution in [0.4, 0.5) is 0 Å². The molecule has 1 aromatic heterocycles. The smallest absolute Gasteiger partial charge is 0.265 e. The van der Waals surface area contributed by atoms with Crippen molar-refractivity contribution in [3.8, 4) is 11.4 Å². The van der Waals surface area contributed by atoms with Crippen molar-refractivity contribution in [3.63, 3.8) is 0 Å². The Morgan fingerprint density at radius 2 is 2.24 bits per heavy atom. The van der Waals surface area contributed by atoms with E-state index < -0.39 is 0 Å². The monoisotopic (exact) mass is 312 g/mol. The molecule has 0 radical (unpaired) electrons. The molecule has 0 unspecified atom stereocenters. The molecule has 0 amide bonds. The first-order valence-electron chi connectivity index (χ1n) is 5.16. The van der Waals surface area contributed by atoms with Gasteiger partial charge in [-0.15, -0.1) is 0 Å². The van der Waals surface area contributed by atoms with Gasteiger partial charge in [0.15, 0.2) is 0 Å². The third-order valence-corrected chi connectivity index (χ3v) is 3.42. The van der Waals surface area contributed by atoms with E-state index in [2.05, 4.69) is 25.9 Å². The van der Waals surface area contributed by atoms with Crippen LogP contribution in [0.3, 0.4) is 0 Å². The molecule has 2 aromatic rings. The summed E-state index contributed by atoms with van der Waals surface area (Å²) in [4.78, 5) is 18.8. The van der Waals surface area contributed by atoms with Crippen LogP contribution in [0.1, 0.15) is 12.6 Å². The van der Waals surface area contributed by atoms with Crippen LogP contribution >= 0.6 is 27.5 Å². The van der Waals surface area contributed by atoms with Gasteiger partial charge in [-0.25, -0.2) is 4.98 Å². The van der Waals surface area contributed by atoms with Crippen molar-refractivity contribution >= 4 is 27.5 Å². The Kier molecular flexibility index (Phi) is 3.64. The molecule has 1 heterocycles. The zero-order valence-corrected chi connectivity index (χ0v) is 11.5. The fourth-order valence-electron chi connectivity index (χ4n) is 1.51. The van der Waals surface area contributed by atoms with Crippen molar-refractivity contribution in [1.82, 2.24) is 9.97 Å². The van der Waals surface area contributed by atoms with Crippen molar-refractivity contribution in [2.24, 2.45) is 0 Å². The summed E-state index contributed by atoms with van der Waals surface area (Å²) in [6.07, 6.45) is 0.693. The molecule has 0 atom stereocenters. The second-order valence-corrected chi connectivity index (χ2v) is 4.77. The van der Waals surface area contributed by atoms with E-state index in [9.17, 15) is 4.79 Å². The van der Waals surface area contributed by atoms with E-state index in [1.54, 1.807) is 12.1 Å². The van der Waals surface area contributed by atoms with Gasteiger partial charge in [0, 0.05) is 10.6 Å². The topological polar surface area (TPSA) is 45.8 Å². The maximum Gasteiger partial charge on any atom is 0.265 e. The van der Waals surface area contributed by atoms with Gasteiger partial charge in [0.1, 0.15) is 10.3 Å². The molecule has 0 saturated heterocycles. The standard InChI is InChI=1S/C12H10BrClN2O/c1-2-9-10(13)12(17)16-11(15-9)7-4-3-5-8(14)6-7/h3-6H,2H2,1H3,(H,15,16,17). The Morgan fingerprint density at radius 3 is 2.88 bits per heavy atom. The predicted octanol–water partition coefficient (Wildman–Crippen LogP) is 3.42. The Balaban J connectivity index is 2.61. The summed E-state index contributed by atoms with van der Waals surface area (Å²) < 4.78 is 0.491. The molecule has 1 N–H and O–H groups in total. The minimum absolute atomic E-state index is 0.174. The average molecular weight is 314 g/mol. The molecule has 17 heavy (non-hydrogen) atoms. The minimum atomic E-state index is -0.174. The molecule has 1 aromatic carbocycles. The molecule has 0 spiro atoms. The number of aromatic nitrogens is 2. The maximum atomic E-state index is 11.7.